The zero-order valence-electron chi connectivity index (χ0n) is 20.4. The second-order valence-electron chi connectivity index (χ2n) is 10.0. The van der Waals surface area contributed by atoms with E-state index in [1.807, 2.05) is 32.6 Å². The summed E-state index contributed by atoms with van der Waals surface area (Å²) >= 11 is 6.14. The van der Waals surface area contributed by atoms with Crippen LogP contribution in [0.2, 0.25) is 5.02 Å². The second-order valence-corrected chi connectivity index (χ2v) is 10.5. The number of carbonyl (C=O) groups is 2. The Morgan fingerprint density at radius 2 is 1.76 bits per heavy atom. The maximum atomic E-state index is 13.2. The van der Waals surface area contributed by atoms with Gasteiger partial charge in [0.25, 0.3) is 0 Å². The molecule has 1 fully saturated rings. The molecule has 7 heteroatoms. The molecule has 0 spiro atoms. The molecule has 0 aromatic heterocycles. The van der Waals surface area contributed by atoms with Gasteiger partial charge in [0, 0.05) is 53.9 Å². The first-order valence-electron chi connectivity index (χ1n) is 11.5. The average Bonchev–Trinajstić information content (AvgIpc) is 2.76. The Kier molecular flexibility index (Phi) is 8.16. The van der Waals surface area contributed by atoms with Gasteiger partial charge in [0.2, 0.25) is 11.8 Å². The van der Waals surface area contributed by atoms with Crippen LogP contribution in [-0.4, -0.2) is 46.8 Å². The molecule has 1 heterocycles. The Labute approximate surface area is 206 Å². The predicted octanol–water partition coefficient (Wildman–Crippen LogP) is 5.60. The number of hydrogen-bond donors (Lipinski definition) is 1. The van der Waals surface area contributed by atoms with Crippen LogP contribution in [0.15, 0.2) is 48.5 Å². The van der Waals surface area contributed by atoms with Gasteiger partial charge in [0.15, 0.2) is 0 Å². The van der Waals surface area contributed by atoms with Crippen molar-refractivity contribution in [1.82, 2.24) is 9.80 Å². The van der Waals surface area contributed by atoms with Gasteiger partial charge in [-0.05, 0) is 55.3 Å². The molecule has 2 amide bonds. The van der Waals surface area contributed by atoms with Crippen LogP contribution in [0.1, 0.15) is 45.7 Å². The molecule has 3 rings (SSSR count). The van der Waals surface area contributed by atoms with Crippen LogP contribution in [-0.2, 0) is 16.1 Å². The molecule has 1 aliphatic rings. The van der Waals surface area contributed by atoms with Gasteiger partial charge in [0.05, 0.1) is 0 Å². The third-order valence-electron chi connectivity index (χ3n) is 6.05. The van der Waals surface area contributed by atoms with Gasteiger partial charge in [-0.25, -0.2) is 4.39 Å². The number of carbonyl (C=O) groups excluding carboxylic acids is 2. The van der Waals surface area contributed by atoms with E-state index < -0.39 is 5.41 Å². The SMILES string of the molecule is C[C@@H]1CN(Cc2ccc(F)cc2)[C@@H](C)CN1C(=O)/C=C/c1ccc(Cl)cc1NC(=O)C(C)(C)C. The van der Waals surface area contributed by atoms with Crippen molar-refractivity contribution in [2.75, 3.05) is 18.4 Å². The van der Waals surface area contributed by atoms with E-state index in [1.165, 1.54) is 12.1 Å². The zero-order chi connectivity index (χ0) is 25.0. The van der Waals surface area contributed by atoms with E-state index in [0.717, 1.165) is 12.1 Å². The minimum Gasteiger partial charge on any atom is -0.334 e. The summed E-state index contributed by atoms with van der Waals surface area (Å²) < 4.78 is 13.2. The molecule has 0 bridgehead atoms. The molecular weight excluding hydrogens is 453 g/mol. The van der Waals surface area contributed by atoms with Crippen LogP contribution in [0.5, 0.6) is 0 Å². The van der Waals surface area contributed by atoms with E-state index in [2.05, 4.69) is 17.1 Å². The van der Waals surface area contributed by atoms with Gasteiger partial charge in [-0.1, -0.05) is 50.6 Å². The van der Waals surface area contributed by atoms with Crippen LogP contribution in [0.25, 0.3) is 6.08 Å². The molecule has 0 radical (unpaired) electrons. The summed E-state index contributed by atoms with van der Waals surface area (Å²) in [5.74, 6) is -0.450. The highest BCUT2D eigenvalue weighted by Gasteiger charge is 2.31. The molecular formula is C27H33ClFN3O2. The van der Waals surface area contributed by atoms with Crippen molar-refractivity contribution < 1.29 is 14.0 Å². The predicted molar refractivity (Wildman–Crippen MR) is 136 cm³/mol. The molecule has 0 saturated carbocycles. The number of halogens is 2. The summed E-state index contributed by atoms with van der Waals surface area (Å²) in [6, 6.07) is 12.0. The van der Waals surface area contributed by atoms with Crippen molar-refractivity contribution in [2.45, 2.75) is 53.2 Å². The molecule has 2 atom stereocenters. The van der Waals surface area contributed by atoms with Gasteiger partial charge in [-0.3, -0.25) is 14.5 Å². The van der Waals surface area contributed by atoms with E-state index in [4.69, 9.17) is 11.6 Å². The van der Waals surface area contributed by atoms with Gasteiger partial charge in [0.1, 0.15) is 5.82 Å². The molecule has 2 aromatic carbocycles. The van der Waals surface area contributed by atoms with E-state index in [-0.39, 0.29) is 29.7 Å². The number of nitrogens with one attached hydrogen (secondary N) is 1. The van der Waals surface area contributed by atoms with E-state index in [1.54, 1.807) is 42.5 Å². The third kappa shape index (κ3) is 6.67. The standard InChI is InChI=1S/C27H33ClFN3O2/c1-18-16-32(19(2)15-31(18)17-20-6-11-23(29)12-7-20)25(33)13-9-21-8-10-22(28)14-24(21)30-26(34)27(3,4)5/h6-14,18-19H,15-17H2,1-5H3,(H,30,34)/b13-9+/t18-,19+/m0/s1. The van der Waals surface area contributed by atoms with Gasteiger partial charge in [-0.2, -0.15) is 0 Å². The average molecular weight is 486 g/mol. The number of hydrogen-bond acceptors (Lipinski definition) is 3. The van der Waals surface area contributed by atoms with Gasteiger partial charge >= 0.3 is 0 Å². The number of rotatable bonds is 5. The maximum absolute atomic E-state index is 13.2. The van der Waals surface area contributed by atoms with E-state index in [9.17, 15) is 14.0 Å². The smallest absolute Gasteiger partial charge is 0.246 e. The number of benzene rings is 2. The summed E-state index contributed by atoms with van der Waals surface area (Å²) in [6.07, 6.45) is 3.27. The quantitative estimate of drug-likeness (QED) is 0.561. The van der Waals surface area contributed by atoms with E-state index >= 15 is 0 Å². The first-order valence-corrected chi connectivity index (χ1v) is 11.9. The molecule has 0 unspecified atom stereocenters. The van der Waals surface area contributed by atoms with E-state index in [0.29, 0.717) is 29.4 Å². The maximum Gasteiger partial charge on any atom is 0.246 e. The lowest BCUT2D eigenvalue weighted by Crippen LogP contribution is -2.57. The van der Waals surface area contributed by atoms with Crippen molar-refractivity contribution in [1.29, 1.82) is 0 Å². The fourth-order valence-corrected chi connectivity index (χ4v) is 4.07. The van der Waals surface area contributed by atoms with Gasteiger partial charge in [-0.15, -0.1) is 0 Å². The highest BCUT2D eigenvalue weighted by molar-refractivity contribution is 6.31. The van der Waals surface area contributed by atoms with Crippen molar-refractivity contribution in [3.8, 4) is 0 Å². The lowest BCUT2D eigenvalue weighted by molar-refractivity contribution is -0.132. The summed E-state index contributed by atoms with van der Waals surface area (Å²) in [5.41, 5.74) is 1.78. The molecule has 0 aliphatic carbocycles. The zero-order valence-corrected chi connectivity index (χ0v) is 21.2. The monoisotopic (exact) mass is 485 g/mol. The van der Waals surface area contributed by atoms with Crippen LogP contribution < -0.4 is 5.32 Å². The van der Waals surface area contributed by atoms with Crippen LogP contribution in [0.4, 0.5) is 10.1 Å². The summed E-state index contributed by atoms with van der Waals surface area (Å²) in [7, 11) is 0. The highest BCUT2D eigenvalue weighted by atomic mass is 35.5. The van der Waals surface area contributed by atoms with Crippen LogP contribution in [0, 0.1) is 11.2 Å². The topological polar surface area (TPSA) is 52.6 Å². The largest absolute Gasteiger partial charge is 0.334 e. The molecule has 1 saturated heterocycles. The molecule has 5 nitrogen and oxygen atoms in total. The fourth-order valence-electron chi connectivity index (χ4n) is 3.90. The Balaban J connectivity index is 1.68. The number of amides is 2. The first kappa shape index (κ1) is 25.9. The summed E-state index contributed by atoms with van der Waals surface area (Å²) in [4.78, 5) is 29.7. The van der Waals surface area contributed by atoms with Crippen LogP contribution >= 0.6 is 11.6 Å². The lowest BCUT2D eigenvalue weighted by Gasteiger charge is -2.44. The van der Waals surface area contributed by atoms with Gasteiger partial charge < -0.3 is 10.2 Å². The molecule has 34 heavy (non-hydrogen) atoms. The summed E-state index contributed by atoms with van der Waals surface area (Å²) in [5, 5.41) is 3.42. The normalized spacial score (nSPS) is 19.4. The number of piperazine rings is 1. The molecule has 1 aliphatic heterocycles. The Hall–Kier alpha value is -2.70. The molecule has 1 N–H and O–H groups in total. The fraction of sp³-hybridized carbons (Fsp3) is 0.407. The first-order chi connectivity index (χ1) is 15.9. The Bertz CT molecular complexity index is 1060. The second kappa shape index (κ2) is 10.7. The highest BCUT2D eigenvalue weighted by Crippen LogP contribution is 2.26. The van der Waals surface area contributed by atoms with Crippen LogP contribution in [0.3, 0.4) is 0 Å². The van der Waals surface area contributed by atoms with Crippen molar-refractivity contribution in [2.24, 2.45) is 5.41 Å². The number of nitrogens with zero attached hydrogens (tertiary/aromatic N) is 2. The minimum atomic E-state index is -0.557. The Morgan fingerprint density at radius 3 is 2.41 bits per heavy atom. The minimum absolute atomic E-state index is 0.0269. The summed E-state index contributed by atoms with van der Waals surface area (Å²) in [6.45, 7) is 11.7. The number of anilines is 1. The third-order valence-corrected chi connectivity index (χ3v) is 6.28. The Morgan fingerprint density at radius 1 is 1.09 bits per heavy atom. The lowest BCUT2D eigenvalue weighted by atomic mass is 9.95. The van der Waals surface area contributed by atoms with Crippen molar-refractivity contribution in [3.63, 3.8) is 0 Å². The van der Waals surface area contributed by atoms with Crippen molar-refractivity contribution >= 4 is 35.2 Å². The molecule has 2 aromatic rings. The molecule has 182 valence electrons. The van der Waals surface area contributed by atoms with Crippen molar-refractivity contribution in [3.05, 3.63) is 70.5 Å².